The average Bonchev–Trinajstić information content (AvgIpc) is 2.68. The molecule has 28 heavy (non-hydrogen) atoms. The van der Waals surface area contributed by atoms with Gasteiger partial charge < -0.3 is 10.2 Å². The first-order chi connectivity index (χ1) is 13.3. The van der Waals surface area contributed by atoms with Gasteiger partial charge in [0.2, 0.25) is 5.91 Å². The molecule has 1 aromatic carbocycles. The van der Waals surface area contributed by atoms with E-state index in [0.717, 1.165) is 11.9 Å². The normalized spacial score (nSPS) is 16.7. The van der Waals surface area contributed by atoms with E-state index in [-0.39, 0.29) is 10.7 Å². The molecule has 0 bridgehead atoms. The average molecular weight is 413 g/mol. The number of carbonyl (C=O) groups excluding carboxylic acids is 1. The highest BCUT2D eigenvalue weighted by Crippen LogP contribution is 2.36. The first-order valence-corrected chi connectivity index (χ1v) is 9.21. The maximum Gasteiger partial charge on any atom is 0.418 e. The zero-order valence-electron chi connectivity index (χ0n) is 15.2. The van der Waals surface area contributed by atoms with Crippen LogP contribution in [-0.2, 0) is 11.0 Å². The van der Waals surface area contributed by atoms with Crippen LogP contribution in [0.1, 0.15) is 12.5 Å². The Labute approximate surface area is 166 Å². The molecule has 1 N–H and O–H groups in total. The van der Waals surface area contributed by atoms with Gasteiger partial charge in [-0.1, -0.05) is 17.7 Å². The minimum Gasteiger partial charge on any atom is -0.354 e. The number of carbonyl (C=O) groups is 1. The van der Waals surface area contributed by atoms with Gasteiger partial charge in [-0.2, -0.15) is 13.2 Å². The van der Waals surface area contributed by atoms with Crippen LogP contribution < -0.4 is 10.2 Å². The van der Waals surface area contributed by atoms with E-state index in [0.29, 0.717) is 26.2 Å². The van der Waals surface area contributed by atoms with Crippen LogP contribution >= 0.6 is 11.6 Å². The lowest BCUT2D eigenvalue weighted by Crippen LogP contribution is -2.53. The second-order valence-corrected chi connectivity index (χ2v) is 7.00. The SMILES string of the molecule is CC(C(=O)Nc1ccc(Cl)cc1C(F)(F)F)N1CCN(c2ccccn2)CC1. The Morgan fingerprint density at radius 1 is 1.18 bits per heavy atom. The minimum atomic E-state index is -4.61. The molecule has 0 saturated carbocycles. The Kier molecular flexibility index (Phi) is 6.10. The monoisotopic (exact) mass is 412 g/mol. The Balaban J connectivity index is 1.63. The lowest BCUT2D eigenvalue weighted by atomic mass is 10.1. The number of piperazine rings is 1. The number of alkyl halides is 3. The van der Waals surface area contributed by atoms with E-state index in [1.54, 1.807) is 13.1 Å². The van der Waals surface area contributed by atoms with Gasteiger partial charge in [0.25, 0.3) is 0 Å². The van der Waals surface area contributed by atoms with Crippen LogP contribution in [0.4, 0.5) is 24.7 Å². The first kappa shape index (κ1) is 20.4. The van der Waals surface area contributed by atoms with Gasteiger partial charge in [-0.05, 0) is 37.3 Å². The van der Waals surface area contributed by atoms with E-state index in [9.17, 15) is 18.0 Å². The molecule has 150 valence electrons. The van der Waals surface area contributed by atoms with Gasteiger partial charge in [-0.25, -0.2) is 4.98 Å². The topological polar surface area (TPSA) is 48.5 Å². The van der Waals surface area contributed by atoms with Gasteiger partial charge in [-0.3, -0.25) is 9.69 Å². The van der Waals surface area contributed by atoms with Gasteiger partial charge in [0.1, 0.15) is 5.82 Å². The summed E-state index contributed by atoms with van der Waals surface area (Å²) in [5.74, 6) is 0.384. The van der Waals surface area contributed by atoms with E-state index in [2.05, 4.69) is 15.2 Å². The number of rotatable bonds is 4. The van der Waals surface area contributed by atoms with E-state index >= 15 is 0 Å². The molecule has 1 amide bonds. The van der Waals surface area contributed by atoms with Crippen LogP contribution in [0.25, 0.3) is 0 Å². The summed E-state index contributed by atoms with van der Waals surface area (Å²) < 4.78 is 39.6. The smallest absolute Gasteiger partial charge is 0.354 e. The molecule has 1 aliphatic heterocycles. The first-order valence-electron chi connectivity index (χ1n) is 8.83. The zero-order valence-corrected chi connectivity index (χ0v) is 16.0. The van der Waals surface area contributed by atoms with E-state index in [1.807, 2.05) is 23.1 Å². The number of hydrogen-bond donors (Lipinski definition) is 1. The molecule has 9 heteroatoms. The highest BCUT2D eigenvalue weighted by molar-refractivity contribution is 6.30. The van der Waals surface area contributed by atoms with E-state index < -0.39 is 23.7 Å². The number of aromatic nitrogens is 1. The lowest BCUT2D eigenvalue weighted by molar-refractivity contribution is -0.137. The number of nitrogens with zero attached hydrogens (tertiary/aromatic N) is 3. The maximum absolute atomic E-state index is 13.2. The molecule has 3 rings (SSSR count). The largest absolute Gasteiger partial charge is 0.418 e. The number of hydrogen-bond acceptors (Lipinski definition) is 4. The quantitative estimate of drug-likeness (QED) is 0.827. The Hall–Kier alpha value is -2.32. The van der Waals surface area contributed by atoms with E-state index in [1.165, 1.54) is 12.1 Å². The Morgan fingerprint density at radius 2 is 1.89 bits per heavy atom. The number of benzene rings is 1. The fourth-order valence-electron chi connectivity index (χ4n) is 3.14. The van der Waals surface area contributed by atoms with Crippen LogP contribution in [0.5, 0.6) is 0 Å². The fraction of sp³-hybridized carbons (Fsp3) is 0.368. The maximum atomic E-state index is 13.2. The van der Waals surface area contributed by atoms with Gasteiger partial charge in [-0.15, -0.1) is 0 Å². The Morgan fingerprint density at radius 3 is 2.50 bits per heavy atom. The lowest BCUT2D eigenvalue weighted by Gasteiger charge is -2.38. The third-order valence-electron chi connectivity index (χ3n) is 4.76. The zero-order chi connectivity index (χ0) is 20.3. The van der Waals surface area contributed by atoms with Crippen molar-refractivity contribution in [1.82, 2.24) is 9.88 Å². The number of pyridine rings is 1. The Bertz CT molecular complexity index is 824. The summed E-state index contributed by atoms with van der Waals surface area (Å²) in [4.78, 5) is 20.9. The molecular formula is C19H20ClF3N4O. The van der Waals surface area contributed by atoms with Crippen molar-refractivity contribution in [3.8, 4) is 0 Å². The molecule has 1 unspecified atom stereocenters. The molecule has 1 fully saturated rings. The summed E-state index contributed by atoms with van der Waals surface area (Å²) in [6, 6.07) is 8.42. The highest BCUT2D eigenvalue weighted by atomic mass is 35.5. The van der Waals surface area contributed by atoms with Crippen molar-refractivity contribution in [3.05, 3.63) is 53.2 Å². The minimum absolute atomic E-state index is 0.0379. The predicted octanol–water partition coefficient (Wildman–Crippen LogP) is 3.90. The van der Waals surface area contributed by atoms with Crippen LogP contribution in [0.2, 0.25) is 5.02 Å². The van der Waals surface area contributed by atoms with Crippen molar-refractivity contribution in [2.45, 2.75) is 19.1 Å². The summed E-state index contributed by atoms with van der Waals surface area (Å²) in [5, 5.41) is 2.36. The molecule has 2 heterocycles. The van der Waals surface area contributed by atoms with Crippen molar-refractivity contribution in [3.63, 3.8) is 0 Å². The van der Waals surface area contributed by atoms with Crippen molar-refractivity contribution < 1.29 is 18.0 Å². The number of amides is 1. The molecule has 5 nitrogen and oxygen atoms in total. The molecule has 2 aromatic rings. The molecule has 0 radical (unpaired) electrons. The molecule has 1 saturated heterocycles. The van der Waals surface area contributed by atoms with Gasteiger partial charge >= 0.3 is 6.18 Å². The molecule has 1 aliphatic rings. The molecule has 1 atom stereocenters. The van der Waals surface area contributed by atoms with Gasteiger partial charge in [0.15, 0.2) is 0 Å². The van der Waals surface area contributed by atoms with Crippen molar-refractivity contribution >= 4 is 29.0 Å². The van der Waals surface area contributed by atoms with Gasteiger partial charge in [0, 0.05) is 37.4 Å². The van der Waals surface area contributed by atoms with Crippen LogP contribution in [0, 0.1) is 0 Å². The third-order valence-corrected chi connectivity index (χ3v) is 4.99. The summed E-state index contributed by atoms with van der Waals surface area (Å²) >= 11 is 5.68. The number of anilines is 2. The van der Waals surface area contributed by atoms with Crippen molar-refractivity contribution in [2.24, 2.45) is 0 Å². The van der Waals surface area contributed by atoms with Crippen LogP contribution in [-0.4, -0.2) is 48.0 Å². The fourth-order valence-corrected chi connectivity index (χ4v) is 3.31. The molecule has 0 spiro atoms. The highest BCUT2D eigenvalue weighted by Gasteiger charge is 2.35. The van der Waals surface area contributed by atoms with Crippen molar-refractivity contribution in [1.29, 1.82) is 0 Å². The second kappa shape index (κ2) is 8.36. The second-order valence-electron chi connectivity index (χ2n) is 6.56. The molecular weight excluding hydrogens is 393 g/mol. The van der Waals surface area contributed by atoms with Crippen molar-refractivity contribution in [2.75, 3.05) is 36.4 Å². The summed E-state index contributed by atoms with van der Waals surface area (Å²) in [6.45, 7) is 4.28. The van der Waals surface area contributed by atoms with Gasteiger partial charge in [0.05, 0.1) is 17.3 Å². The standard InChI is InChI=1S/C19H20ClF3N4O/c1-13(26-8-10-27(11-9-26)17-4-2-3-7-24-17)18(28)25-16-6-5-14(20)12-15(16)19(21,22)23/h2-7,12-13H,8-11H2,1H3,(H,25,28). The summed E-state index contributed by atoms with van der Waals surface area (Å²) in [7, 11) is 0. The predicted molar refractivity (Wildman–Crippen MR) is 103 cm³/mol. The van der Waals surface area contributed by atoms with E-state index in [4.69, 9.17) is 11.6 Å². The number of nitrogens with one attached hydrogen (secondary N) is 1. The van der Waals surface area contributed by atoms with Crippen LogP contribution in [0.3, 0.4) is 0 Å². The number of halogens is 4. The summed E-state index contributed by atoms with van der Waals surface area (Å²) in [6.07, 6.45) is -2.88. The summed E-state index contributed by atoms with van der Waals surface area (Å²) in [5.41, 5.74) is -1.25. The molecule has 1 aromatic heterocycles. The molecule has 0 aliphatic carbocycles. The third kappa shape index (κ3) is 4.74. The van der Waals surface area contributed by atoms with Crippen LogP contribution in [0.15, 0.2) is 42.6 Å².